The SMILES string of the molecule is CC(C)(C)c1ccc2sc(NC(=O)C(Cc3ccc(C(=O)NCCC(=O)O)cc3)c3ccc(C4=CCCCC4)cc3)nc2c1. The number of aromatic nitrogens is 1. The van der Waals surface area contributed by atoms with Gasteiger partial charge in [-0.25, -0.2) is 4.98 Å². The summed E-state index contributed by atoms with van der Waals surface area (Å²) in [6, 6.07) is 21.7. The molecule has 8 heteroatoms. The number of nitrogens with one attached hydrogen (secondary N) is 2. The first-order valence-electron chi connectivity index (χ1n) is 15.2. The van der Waals surface area contributed by atoms with Gasteiger partial charge in [0.2, 0.25) is 5.91 Å². The Bertz CT molecular complexity index is 1680. The van der Waals surface area contributed by atoms with Crippen molar-refractivity contribution in [2.75, 3.05) is 11.9 Å². The standard InChI is InChI=1S/C36H39N3O4S/c1-36(2,3)28-17-18-31-30(22-28)38-35(44-31)39-34(43)29(26-15-13-25(14-16-26)24-7-5-4-6-8-24)21-23-9-11-27(12-10-23)33(42)37-20-19-32(40)41/h7,9-18,22,29H,4-6,8,19-21H2,1-3H3,(H,37,42)(H,40,41)(H,38,39,43). The van der Waals surface area contributed by atoms with E-state index >= 15 is 0 Å². The van der Waals surface area contributed by atoms with Crippen LogP contribution in [0.2, 0.25) is 0 Å². The number of hydrogen-bond acceptors (Lipinski definition) is 5. The number of benzene rings is 3. The Labute approximate surface area is 262 Å². The minimum Gasteiger partial charge on any atom is -0.481 e. The van der Waals surface area contributed by atoms with Crippen LogP contribution in [0.5, 0.6) is 0 Å². The van der Waals surface area contributed by atoms with Crippen molar-refractivity contribution in [2.45, 2.75) is 70.6 Å². The second-order valence-electron chi connectivity index (χ2n) is 12.4. The molecule has 0 spiro atoms. The molecule has 1 unspecified atom stereocenters. The van der Waals surface area contributed by atoms with E-state index in [1.54, 1.807) is 12.1 Å². The number of rotatable bonds is 10. The molecule has 1 aliphatic carbocycles. The molecule has 0 aliphatic heterocycles. The molecule has 2 amide bonds. The third kappa shape index (κ3) is 7.80. The molecule has 0 fully saturated rings. The summed E-state index contributed by atoms with van der Waals surface area (Å²) in [5, 5.41) is 15.1. The first-order valence-corrected chi connectivity index (χ1v) is 16.0. The van der Waals surface area contributed by atoms with E-state index in [-0.39, 0.29) is 30.2 Å². The van der Waals surface area contributed by atoms with Crippen LogP contribution >= 0.6 is 11.3 Å². The lowest BCUT2D eigenvalue weighted by Crippen LogP contribution is -2.26. The predicted molar refractivity (Wildman–Crippen MR) is 177 cm³/mol. The molecule has 1 aromatic heterocycles. The zero-order chi connectivity index (χ0) is 31.3. The molecule has 1 aliphatic rings. The molecule has 1 atom stereocenters. The van der Waals surface area contributed by atoms with Crippen molar-refractivity contribution < 1.29 is 19.5 Å². The lowest BCUT2D eigenvalue weighted by molar-refractivity contribution is -0.136. The molecule has 3 aromatic carbocycles. The molecular weight excluding hydrogens is 570 g/mol. The van der Waals surface area contributed by atoms with E-state index < -0.39 is 11.9 Å². The second kappa shape index (κ2) is 13.6. The van der Waals surface area contributed by atoms with E-state index in [1.165, 1.54) is 40.9 Å². The highest BCUT2D eigenvalue weighted by Crippen LogP contribution is 2.33. The highest BCUT2D eigenvalue weighted by molar-refractivity contribution is 7.22. The maximum atomic E-state index is 13.9. The number of thiazole rings is 1. The van der Waals surface area contributed by atoms with E-state index in [4.69, 9.17) is 10.1 Å². The lowest BCUT2D eigenvalue weighted by Gasteiger charge is -2.18. The van der Waals surface area contributed by atoms with Crippen LogP contribution in [0, 0.1) is 0 Å². The summed E-state index contributed by atoms with van der Waals surface area (Å²) in [7, 11) is 0. The number of aliphatic carboxylic acids is 1. The minimum atomic E-state index is -0.964. The van der Waals surface area contributed by atoms with E-state index in [9.17, 15) is 14.4 Å². The summed E-state index contributed by atoms with van der Waals surface area (Å²) < 4.78 is 1.02. The van der Waals surface area contributed by atoms with E-state index in [1.807, 2.05) is 24.3 Å². The number of allylic oxidation sites excluding steroid dienone is 2. The molecule has 44 heavy (non-hydrogen) atoms. The molecule has 1 heterocycles. The molecule has 0 saturated heterocycles. The highest BCUT2D eigenvalue weighted by atomic mass is 32.1. The number of fused-ring (bicyclic) bond motifs is 1. The summed E-state index contributed by atoms with van der Waals surface area (Å²) in [5.41, 5.74) is 6.89. The first kappa shape index (κ1) is 31.1. The van der Waals surface area contributed by atoms with E-state index in [0.29, 0.717) is 17.1 Å². The summed E-state index contributed by atoms with van der Waals surface area (Å²) in [6.45, 7) is 6.57. The third-order valence-corrected chi connectivity index (χ3v) is 9.01. The van der Waals surface area contributed by atoms with Crippen molar-refractivity contribution in [3.63, 3.8) is 0 Å². The van der Waals surface area contributed by atoms with Gasteiger partial charge in [0, 0.05) is 12.1 Å². The van der Waals surface area contributed by atoms with Crippen molar-refractivity contribution in [1.29, 1.82) is 0 Å². The Morgan fingerprint density at radius 3 is 2.39 bits per heavy atom. The fourth-order valence-corrected chi connectivity index (χ4v) is 6.29. The van der Waals surface area contributed by atoms with Gasteiger partial charge in [0.1, 0.15) is 0 Å². The number of carbonyl (C=O) groups excluding carboxylic acids is 2. The van der Waals surface area contributed by atoms with Crippen LogP contribution in [-0.4, -0.2) is 34.4 Å². The van der Waals surface area contributed by atoms with Crippen LogP contribution in [0.25, 0.3) is 15.8 Å². The number of hydrogen-bond donors (Lipinski definition) is 3. The number of nitrogens with zero attached hydrogens (tertiary/aromatic N) is 1. The smallest absolute Gasteiger partial charge is 0.305 e. The maximum Gasteiger partial charge on any atom is 0.305 e. The predicted octanol–water partition coefficient (Wildman–Crippen LogP) is 7.72. The molecule has 7 nitrogen and oxygen atoms in total. The number of carboxylic acids is 1. The van der Waals surface area contributed by atoms with Gasteiger partial charge in [-0.3, -0.25) is 14.4 Å². The quantitative estimate of drug-likeness (QED) is 0.171. The van der Waals surface area contributed by atoms with Crippen molar-refractivity contribution in [3.05, 3.63) is 101 Å². The molecule has 3 N–H and O–H groups in total. The van der Waals surface area contributed by atoms with Crippen molar-refractivity contribution in [3.8, 4) is 0 Å². The molecule has 0 radical (unpaired) electrons. The Morgan fingerprint density at radius 1 is 0.977 bits per heavy atom. The van der Waals surface area contributed by atoms with Gasteiger partial charge >= 0.3 is 5.97 Å². The molecule has 228 valence electrons. The summed E-state index contributed by atoms with van der Waals surface area (Å²) in [5.74, 6) is -1.91. The Kier molecular flexibility index (Phi) is 9.59. The zero-order valence-corrected chi connectivity index (χ0v) is 26.3. The summed E-state index contributed by atoms with van der Waals surface area (Å²) in [4.78, 5) is 41.8. The van der Waals surface area contributed by atoms with E-state index in [2.05, 4.69) is 67.8 Å². The Balaban J connectivity index is 1.37. The van der Waals surface area contributed by atoms with Crippen molar-refractivity contribution >= 4 is 50.0 Å². The van der Waals surface area contributed by atoms with Crippen LogP contribution < -0.4 is 10.6 Å². The molecule has 0 saturated carbocycles. The van der Waals surface area contributed by atoms with Crippen LogP contribution in [0.15, 0.2) is 72.8 Å². The van der Waals surface area contributed by atoms with Gasteiger partial charge in [-0.15, -0.1) is 0 Å². The average molecular weight is 610 g/mol. The number of anilines is 1. The topological polar surface area (TPSA) is 108 Å². The van der Waals surface area contributed by atoms with Gasteiger partial charge in [0.15, 0.2) is 5.13 Å². The zero-order valence-electron chi connectivity index (χ0n) is 25.5. The lowest BCUT2D eigenvalue weighted by atomic mass is 9.87. The molecule has 5 rings (SSSR count). The van der Waals surface area contributed by atoms with Crippen LogP contribution in [0.1, 0.15) is 91.4 Å². The molecule has 4 aromatic rings. The Hall–Kier alpha value is -4.30. The van der Waals surface area contributed by atoms with Crippen molar-refractivity contribution in [2.24, 2.45) is 0 Å². The first-order chi connectivity index (χ1) is 21.1. The highest BCUT2D eigenvalue weighted by Gasteiger charge is 2.24. The number of carbonyl (C=O) groups is 3. The average Bonchev–Trinajstić information content (AvgIpc) is 3.41. The van der Waals surface area contributed by atoms with Gasteiger partial charge in [0.25, 0.3) is 5.91 Å². The number of carboxylic acid groups (broad SMARTS) is 1. The van der Waals surface area contributed by atoms with Gasteiger partial charge in [-0.1, -0.05) is 80.6 Å². The fourth-order valence-electron chi connectivity index (χ4n) is 5.44. The normalized spacial score (nSPS) is 14.1. The van der Waals surface area contributed by atoms with Crippen LogP contribution in [-0.2, 0) is 21.4 Å². The summed E-state index contributed by atoms with van der Waals surface area (Å²) in [6.07, 6.45) is 7.24. The van der Waals surface area contributed by atoms with Gasteiger partial charge in [-0.05, 0) is 89.6 Å². The largest absolute Gasteiger partial charge is 0.481 e. The second-order valence-corrected chi connectivity index (χ2v) is 13.4. The molecule has 0 bridgehead atoms. The van der Waals surface area contributed by atoms with Gasteiger partial charge in [-0.2, -0.15) is 0 Å². The van der Waals surface area contributed by atoms with Gasteiger partial charge < -0.3 is 15.7 Å². The monoisotopic (exact) mass is 609 g/mol. The van der Waals surface area contributed by atoms with E-state index in [0.717, 1.165) is 34.2 Å². The maximum absolute atomic E-state index is 13.9. The third-order valence-electron chi connectivity index (χ3n) is 8.06. The summed E-state index contributed by atoms with van der Waals surface area (Å²) >= 11 is 1.47. The van der Waals surface area contributed by atoms with Crippen molar-refractivity contribution in [1.82, 2.24) is 10.3 Å². The fraction of sp³-hybridized carbons (Fsp3) is 0.333. The minimum absolute atomic E-state index is 0.000836. The Morgan fingerprint density at radius 2 is 1.73 bits per heavy atom. The van der Waals surface area contributed by atoms with Gasteiger partial charge in [0.05, 0.1) is 22.6 Å². The van der Waals surface area contributed by atoms with Crippen LogP contribution in [0.3, 0.4) is 0 Å². The molecular formula is C36H39N3O4S. The van der Waals surface area contributed by atoms with Crippen LogP contribution in [0.4, 0.5) is 5.13 Å². The number of amides is 2.